The van der Waals surface area contributed by atoms with Crippen LogP contribution >= 0.6 is 0 Å². The highest BCUT2D eigenvalue weighted by Crippen LogP contribution is 2.34. The second-order valence-corrected chi connectivity index (χ2v) is 16.9. The lowest BCUT2D eigenvalue weighted by Crippen LogP contribution is -2.52. The second-order valence-electron chi connectivity index (χ2n) is 16.9. The summed E-state index contributed by atoms with van der Waals surface area (Å²) >= 11 is 0. The number of piperidine rings is 3. The topological polar surface area (TPSA) is 156 Å². The van der Waals surface area contributed by atoms with Crippen molar-refractivity contribution in [2.45, 2.75) is 56.8 Å². The first-order valence-corrected chi connectivity index (χ1v) is 22.1. The van der Waals surface area contributed by atoms with Crippen LogP contribution in [0.3, 0.4) is 0 Å². The average Bonchev–Trinajstić information content (AvgIpc) is 3.33. The number of carbonyl (C=O) groups is 2. The van der Waals surface area contributed by atoms with Gasteiger partial charge in [0.15, 0.2) is 0 Å². The smallest absolute Gasteiger partial charge is 0.416 e. The molecule has 12 nitrogen and oxygen atoms in total. The van der Waals surface area contributed by atoms with Crippen LogP contribution in [0.15, 0.2) is 132 Å². The molecule has 2 amide bonds. The number of aromatic nitrogens is 1. The van der Waals surface area contributed by atoms with Crippen LogP contribution in [0.5, 0.6) is 11.5 Å². The SMILES string of the molecule is O=C(N[C@@H](c1ccccc1)c1cccc(OCc2ccc(C(=O)N(CCCNC[C@H](O)c3ccc(O)c4[nH]c(=O)ccc34)Cc3ccccc3C(F)(F)F)cc2)c1)O[C@H]1CN2CCC1CC2. The van der Waals surface area contributed by atoms with Crippen LogP contribution in [0.1, 0.15) is 75.1 Å². The van der Waals surface area contributed by atoms with E-state index in [2.05, 4.69) is 20.5 Å². The molecule has 0 aliphatic carbocycles. The fraction of sp³-hybridized carbons (Fsp3) is 0.314. The lowest BCUT2D eigenvalue weighted by molar-refractivity contribution is -0.138. The quantitative estimate of drug-likeness (QED) is 0.0571. The van der Waals surface area contributed by atoms with E-state index in [0.29, 0.717) is 35.6 Å². The average molecular weight is 904 g/mol. The molecule has 0 spiro atoms. The third-order valence-electron chi connectivity index (χ3n) is 12.4. The molecular formula is C51H52F3N5O7. The van der Waals surface area contributed by atoms with E-state index in [9.17, 15) is 37.8 Å². The Morgan fingerprint density at radius 1 is 0.879 bits per heavy atom. The van der Waals surface area contributed by atoms with Gasteiger partial charge in [0, 0.05) is 43.2 Å². The number of halogens is 3. The van der Waals surface area contributed by atoms with Gasteiger partial charge in [0.1, 0.15) is 24.2 Å². The van der Waals surface area contributed by atoms with Crippen LogP contribution in [-0.4, -0.2) is 82.4 Å². The molecule has 344 valence electrons. The molecule has 3 atom stereocenters. The highest BCUT2D eigenvalue weighted by Gasteiger charge is 2.37. The molecule has 9 rings (SSSR count). The standard InChI is InChI=1S/C51H52F3N5O7/c52-51(53,54)42-13-5-4-10-38(42)30-59(25-7-24-55-29-44(61)40-18-20-43(60)48-41(40)19-21-46(62)56-48)49(63)36-16-14-33(15-17-36)32-65-39-12-6-11-37(28-39)47(35-8-2-1-3-9-35)57-50(64)66-45-31-58-26-22-34(45)23-27-58/h1-6,8-21,28,34,44-45,47,55,60-61H,7,22-27,29-32H2,(H,56,62)(H,57,64)/t44-,45-,47-/m0/s1. The van der Waals surface area contributed by atoms with Crippen LogP contribution in [0, 0.1) is 5.92 Å². The van der Waals surface area contributed by atoms with E-state index >= 15 is 0 Å². The number of H-pyrrole nitrogens is 1. The Morgan fingerprint density at radius 3 is 2.36 bits per heavy atom. The Kier molecular flexibility index (Phi) is 14.4. The lowest BCUT2D eigenvalue weighted by atomic mass is 9.86. The van der Waals surface area contributed by atoms with E-state index < -0.39 is 41.4 Å². The number of rotatable bonds is 17. The van der Waals surface area contributed by atoms with Crippen LogP contribution in [0.2, 0.25) is 0 Å². The summed E-state index contributed by atoms with van der Waals surface area (Å²) in [5.74, 6) is 0.348. The number of ether oxygens (including phenoxy) is 2. The van der Waals surface area contributed by atoms with E-state index in [1.54, 1.807) is 30.3 Å². The molecule has 0 saturated carbocycles. The molecule has 0 radical (unpaired) electrons. The third kappa shape index (κ3) is 11.2. The summed E-state index contributed by atoms with van der Waals surface area (Å²) in [4.78, 5) is 45.5. The molecular weight excluding hydrogens is 852 g/mol. The first-order chi connectivity index (χ1) is 31.9. The number of phenols is 1. The number of alkyl halides is 3. The number of nitrogens with zero attached hydrogens (tertiary/aromatic N) is 2. The number of phenolic OH excluding ortho intramolecular Hbond substituents is 1. The number of nitrogens with one attached hydrogen (secondary N) is 3. The van der Waals surface area contributed by atoms with Gasteiger partial charge in [-0.25, -0.2) is 4.79 Å². The molecule has 1 aromatic heterocycles. The number of hydrogen-bond acceptors (Lipinski definition) is 9. The number of hydrogen-bond donors (Lipinski definition) is 5. The molecule has 2 bridgehead atoms. The van der Waals surface area contributed by atoms with Gasteiger partial charge in [-0.2, -0.15) is 13.2 Å². The number of carbonyl (C=O) groups excluding carboxylic acids is 2. The molecule has 3 aliphatic rings. The zero-order chi connectivity index (χ0) is 46.2. The molecule has 15 heteroatoms. The van der Waals surface area contributed by atoms with Gasteiger partial charge in [-0.1, -0.05) is 78.9 Å². The van der Waals surface area contributed by atoms with Crippen LogP contribution in [-0.2, 0) is 24.1 Å². The van der Waals surface area contributed by atoms with E-state index in [-0.39, 0.29) is 54.7 Å². The van der Waals surface area contributed by atoms with Crippen molar-refractivity contribution in [1.82, 2.24) is 25.4 Å². The molecule has 4 heterocycles. The number of alkyl carbamates (subject to hydrolysis) is 1. The molecule has 5 N–H and O–H groups in total. The van der Waals surface area contributed by atoms with Crippen molar-refractivity contribution >= 4 is 22.9 Å². The van der Waals surface area contributed by atoms with Crippen LogP contribution in [0.4, 0.5) is 18.0 Å². The number of amides is 2. The molecule has 3 aliphatic heterocycles. The van der Waals surface area contributed by atoms with E-state index in [1.807, 2.05) is 54.6 Å². The molecule has 66 heavy (non-hydrogen) atoms. The number of aromatic amines is 1. The van der Waals surface area contributed by atoms with E-state index in [4.69, 9.17) is 9.47 Å². The summed E-state index contributed by atoms with van der Waals surface area (Å²) in [5.41, 5.74) is 2.15. The summed E-state index contributed by atoms with van der Waals surface area (Å²) < 4.78 is 54.4. The van der Waals surface area contributed by atoms with Gasteiger partial charge in [-0.05, 0) is 115 Å². The summed E-state index contributed by atoms with van der Waals surface area (Å²) in [6, 6.07) is 34.3. The Balaban J connectivity index is 0.906. The maximum atomic E-state index is 14.1. The zero-order valence-electron chi connectivity index (χ0n) is 36.2. The Morgan fingerprint density at radius 2 is 1.62 bits per heavy atom. The largest absolute Gasteiger partial charge is 0.506 e. The van der Waals surface area contributed by atoms with Gasteiger partial charge < -0.3 is 40.2 Å². The fourth-order valence-electron chi connectivity index (χ4n) is 8.90. The number of fused-ring (bicyclic) bond motifs is 4. The zero-order valence-corrected chi connectivity index (χ0v) is 36.2. The minimum Gasteiger partial charge on any atom is -0.506 e. The number of pyridine rings is 1. The maximum Gasteiger partial charge on any atom is 0.416 e. The van der Waals surface area contributed by atoms with Gasteiger partial charge in [-0.3, -0.25) is 14.5 Å². The van der Waals surface area contributed by atoms with Crippen molar-refractivity contribution < 1.29 is 42.4 Å². The van der Waals surface area contributed by atoms with Gasteiger partial charge >= 0.3 is 12.3 Å². The molecule has 3 fully saturated rings. The second kappa shape index (κ2) is 20.7. The predicted octanol–water partition coefficient (Wildman–Crippen LogP) is 8.10. The van der Waals surface area contributed by atoms with Gasteiger partial charge in [0.25, 0.3) is 5.91 Å². The fourth-order valence-corrected chi connectivity index (χ4v) is 8.90. The molecule has 5 aromatic carbocycles. The summed E-state index contributed by atoms with van der Waals surface area (Å²) in [6.07, 6.45) is -3.84. The maximum absolute atomic E-state index is 14.1. The van der Waals surface area contributed by atoms with Gasteiger partial charge in [0.2, 0.25) is 5.56 Å². The minimum absolute atomic E-state index is 0.0398. The van der Waals surface area contributed by atoms with Crippen molar-refractivity contribution in [3.63, 3.8) is 0 Å². The van der Waals surface area contributed by atoms with Crippen molar-refractivity contribution in [2.75, 3.05) is 39.3 Å². The Labute approximate surface area is 380 Å². The van der Waals surface area contributed by atoms with Gasteiger partial charge in [0.05, 0.1) is 23.2 Å². The molecule has 6 aromatic rings. The number of aromatic hydroxyl groups is 1. The Bertz CT molecular complexity index is 2670. The lowest BCUT2D eigenvalue weighted by Gasteiger charge is -2.43. The van der Waals surface area contributed by atoms with Crippen molar-refractivity contribution in [3.8, 4) is 11.5 Å². The first-order valence-electron chi connectivity index (χ1n) is 22.1. The number of aliphatic hydroxyl groups is 1. The highest BCUT2D eigenvalue weighted by molar-refractivity contribution is 5.94. The van der Waals surface area contributed by atoms with Crippen LogP contribution < -0.4 is 20.9 Å². The normalized spacial score (nSPS) is 17.8. The molecule has 3 saturated heterocycles. The van der Waals surface area contributed by atoms with Crippen molar-refractivity contribution in [2.24, 2.45) is 5.92 Å². The van der Waals surface area contributed by atoms with Gasteiger partial charge in [-0.15, -0.1) is 0 Å². The van der Waals surface area contributed by atoms with Crippen molar-refractivity contribution in [3.05, 3.63) is 177 Å². The first kappa shape index (κ1) is 45.9. The number of benzene rings is 5. The number of aliphatic hydroxyl groups excluding tert-OH is 1. The van der Waals surface area contributed by atoms with Crippen molar-refractivity contribution in [1.29, 1.82) is 0 Å². The van der Waals surface area contributed by atoms with E-state index in [0.717, 1.165) is 55.2 Å². The monoisotopic (exact) mass is 903 g/mol. The Hall–Kier alpha value is -6.68. The third-order valence-corrected chi connectivity index (χ3v) is 12.4. The summed E-state index contributed by atoms with van der Waals surface area (Å²) in [6.45, 7) is 3.22. The predicted molar refractivity (Wildman–Crippen MR) is 243 cm³/mol. The van der Waals surface area contributed by atoms with Crippen LogP contribution in [0.25, 0.3) is 10.9 Å². The summed E-state index contributed by atoms with van der Waals surface area (Å²) in [5, 5.41) is 27.9. The molecule has 0 unspecified atom stereocenters. The summed E-state index contributed by atoms with van der Waals surface area (Å²) in [7, 11) is 0. The minimum atomic E-state index is -4.62. The van der Waals surface area contributed by atoms with E-state index in [1.165, 1.54) is 41.3 Å². The highest BCUT2D eigenvalue weighted by atomic mass is 19.4.